The van der Waals surface area contributed by atoms with Gasteiger partial charge in [-0.15, -0.1) is 0 Å². The Morgan fingerprint density at radius 3 is 2.36 bits per heavy atom. The second-order valence-corrected chi connectivity index (χ2v) is 3.22. The van der Waals surface area contributed by atoms with Crippen molar-refractivity contribution in [2.45, 2.75) is 46.5 Å². The lowest BCUT2D eigenvalue weighted by Gasteiger charge is -2.16. The van der Waals surface area contributed by atoms with Gasteiger partial charge in [-0.2, -0.15) is 0 Å². The standard InChI is InChI=1S/C10H19O/c1-4-6-7-10(5-2)9(3)8-11/h9-10H,4-7H2,1-3H3. The molecule has 2 unspecified atom stereocenters. The first-order chi connectivity index (χ1) is 5.26. The first kappa shape index (κ1) is 10.7. The van der Waals surface area contributed by atoms with E-state index >= 15 is 0 Å². The van der Waals surface area contributed by atoms with Crippen LogP contribution in [0.1, 0.15) is 46.5 Å². The molecule has 0 spiro atoms. The molecule has 2 atom stereocenters. The highest BCUT2D eigenvalue weighted by molar-refractivity contribution is 5.54. The van der Waals surface area contributed by atoms with E-state index in [1.165, 1.54) is 19.3 Å². The largest absolute Gasteiger partial charge is 0.291 e. The first-order valence-corrected chi connectivity index (χ1v) is 4.63. The van der Waals surface area contributed by atoms with Gasteiger partial charge in [-0.1, -0.05) is 40.0 Å². The molecular formula is C10H19O. The average Bonchev–Trinajstić information content (AvgIpc) is 2.05. The van der Waals surface area contributed by atoms with Crippen LogP contribution in [0.5, 0.6) is 0 Å². The lowest BCUT2D eigenvalue weighted by Crippen LogP contribution is -2.11. The van der Waals surface area contributed by atoms with Crippen molar-refractivity contribution in [3.05, 3.63) is 0 Å². The van der Waals surface area contributed by atoms with Gasteiger partial charge >= 0.3 is 0 Å². The molecular weight excluding hydrogens is 136 g/mol. The van der Waals surface area contributed by atoms with Crippen molar-refractivity contribution >= 4 is 6.29 Å². The number of unbranched alkanes of at least 4 members (excludes halogenated alkanes) is 1. The minimum Gasteiger partial charge on any atom is -0.291 e. The Labute approximate surface area is 70.2 Å². The fourth-order valence-electron chi connectivity index (χ4n) is 1.37. The summed E-state index contributed by atoms with van der Waals surface area (Å²) < 4.78 is 0. The van der Waals surface area contributed by atoms with Crippen molar-refractivity contribution in [3.63, 3.8) is 0 Å². The summed E-state index contributed by atoms with van der Waals surface area (Å²) in [5.74, 6) is 0.694. The minimum absolute atomic E-state index is 0.131. The van der Waals surface area contributed by atoms with E-state index in [4.69, 9.17) is 0 Å². The molecule has 0 aromatic rings. The summed E-state index contributed by atoms with van der Waals surface area (Å²) in [7, 11) is 0. The molecule has 0 saturated carbocycles. The molecule has 11 heavy (non-hydrogen) atoms. The molecule has 0 aliphatic rings. The third-order valence-electron chi connectivity index (χ3n) is 2.35. The number of carbonyl (C=O) groups excluding carboxylic acids is 1. The molecule has 0 saturated heterocycles. The van der Waals surface area contributed by atoms with E-state index in [1.54, 1.807) is 0 Å². The van der Waals surface area contributed by atoms with Crippen LogP contribution in [0.25, 0.3) is 0 Å². The maximum Gasteiger partial charge on any atom is 0.201 e. The van der Waals surface area contributed by atoms with E-state index in [0.29, 0.717) is 5.92 Å². The summed E-state index contributed by atoms with van der Waals surface area (Å²) in [6.45, 7) is 6.30. The normalized spacial score (nSPS) is 15.9. The predicted octanol–water partition coefficient (Wildman–Crippen LogP) is 2.95. The SMILES string of the molecule is CCCCC(CC)C(C)[C]=O. The zero-order chi connectivity index (χ0) is 8.69. The Kier molecular flexibility index (Phi) is 6.19. The first-order valence-electron chi connectivity index (χ1n) is 4.63. The predicted molar refractivity (Wildman–Crippen MR) is 48.2 cm³/mol. The molecule has 1 heteroatoms. The Morgan fingerprint density at radius 1 is 1.36 bits per heavy atom. The van der Waals surface area contributed by atoms with E-state index in [9.17, 15) is 4.79 Å². The van der Waals surface area contributed by atoms with Gasteiger partial charge in [0.05, 0.1) is 0 Å². The van der Waals surface area contributed by atoms with Gasteiger partial charge in [0.2, 0.25) is 6.29 Å². The summed E-state index contributed by atoms with van der Waals surface area (Å²) >= 11 is 0. The molecule has 0 rings (SSSR count). The Balaban J connectivity index is 3.64. The zero-order valence-corrected chi connectivity index (χ0v) is 7.89. The second kappa shape index (κ2) is 6.38. The summed E-state index contributed by atoms with van der Waals surface area (Å²) in [5.41, 5.74) is 0. The minimum atomic E-state index is 0.131. The molecule has 0 aromatic heterocycles. The summed E-state index contributed by atoms with van der Waals surface area (Å²) in [6.07, 6.45) is 6.83. The van der Waals surface area contributed by atoms with Gasteiger partial charge in [0, 0.05) is 5.92 Å². The van der Waals surface area contributed by atoms with Gasteiger partial charge in [-0.3, -0.25) is 4.79 Å². The smallest absolute Gasteiger partial charge is 0.201 e. The number of hydrogen-bond acceptors (Lipinski definition) is 1. The van der Waals surface area contributed by atoms with Crippen LogP contribution in [0.15, 0.2) is 0 Å². The van der Waals surface area contributed by atoms with Crippen molar-refractivity contribution in [3.8, 4) is 0 Å². The fraction of sp³-hybridized carbons (Fsp3) is 0.900. The molecule has 0 aliphatic heterocycles. The summed E-state index contributed by atoms with van der Waals surface area (Å²) in [6, 6.07) is 0. The second-order valence-electron chi connectivity index (χ2n) is 3.22. The van der Waals surface area contributed by atoms with Crippen LogP contribution < -0.4 is 0 Å². The van der Waals surface area contributed by atoms with Crippen molar-refractivity contribution in [1.82, 2.24) is 0 Å². The van der Waals surface area contributed by atoms with Crippen LogP contribution in [0.4, 0.5) is 0 Å². The lowest BCUT2D eigenvalue weighted by molar-refractivity contribution is 0.370. The van der Waals surface area contributed by atoms with Gasteiger partial charge in [-0.05, 0) is 12.3 Å². The van der Waals surface area contributed by atoms with Crippen molar-refractivity contribution < 1.29 is 4.79 Å². The molecule has 0 amide bonds. The average molecular weight is 155 g/mol. The Hall–Kier alpha value is -0.330. The van der Waals surface area contributed by atoms with E-state index in [1.807, 2.05) is 6.92 Å². The highest BCUT2D eigenvalue weighted by Crippen LogP contribution is 2.19. The molecule has 0 N–H and O–H groups in total. The Morgan fingerprint density at radius 2 is 2.00 bits per heavy atom. The molecule has 0 fully saturated rings. The van der Waals surface area contributed by atoms with Gasteiger partial charge < -0.3 is 0 Å². The molecule has 0 heterocycles. The van der Waals surface area contributed by atoms with E-state index in [2.05, 4.69) is 20.1 Å². The molecule has 65 valence electrons. The van der Waals surface area contributed by atoms with Crippen LogP contribution >= 0.6 is 0 Å². The van der Waals surface area contributed by atoms with E-state index in [0.717, 1.165) is 6.42 Å². The van der Waals surface area contributed by atoms with Crippen LogP contribution in [-0.2, 0) is 4.79 Å². The molecule has 0 aromatic carbocycles. The fourth-order valence-corrected chi connectivity index (χ4v) is 1.37. The lowest BCUT2D eigenvalue weighted by atomic mass is 9.88. The van der Waals surface area contributed by atoms with Gasteiger partial charge in [0.1, 0.15) is 0 Å². The van der Waals surface area contributed by atoms with Crippen molar-refractivity contribution in [2.24, 2.45) is 11.8 Å². The Bertz CT molecular complexity index is 99.0. The summed E-state index contributed by atoms with van der Waals surface area (Å²) in [5, 5.41) is 0. The molecule has 0 aliphatic carbocycles. The third kappa shape index (κ3) is 4.18. The highest BCUT2D eigenvalue weighted by atomic mass is 16.1. The summed E-state index contributed by atoms with van der Waals surface area (Å²) in [4.78, 5) is 10.3. The van der Waals surface area contributed by atoms with Crippen LogP contribution in [0.3, 0.4) is 0 Å². The highest BCUT2D eigenvalue weighted by Gasteiger charge is 2.13. The van der Waals surface area contributed by atoms with Crippen molar-refractivity contribution in [1.29, 1.82) is 0 Å². The topological polar surface area (TPSA) is 17.1 Å². The molecule has 1 nitrogen and oxygen atoms in total. The maximum atomic E-state index is 10.3. The van der Waals surface area contributed by atoms with Gasteiger partial charge in [0.15, 0.2) is 0 Å². The monoisotopic (exact) mass is 155 g/mol. The maximum absolute atomic E-state index is 10.3. The van der Waals surface area contributed by atoms with Crippen LogP contribution in [0, 0.1) is 11.8 Å². The van der Waals surface area contributed by atoms with Crippen LogP contribution in [-0.4, -0.2) is 6.29 Å². The number of hydrogen-bond donors (Lipinski definition) is 0. The van der Waals surface area contributed by atoms with Crippen LogP contribution in [0.2, 0.25) is 0 Å². The molecule has 0 bridgehead atoms. The number of rotatable bonds is 6. The van der Waals surface area contributed by atoms with E-state index in [-0.39, 0.29) is 5.92 Å². The quantitative estimate of drug-likeness (QED) is 0.576. The third-order valence-corrected chi connectivity index (χ3v) is 2.35. The van der Waals surface area contributed by atoms with E-state index < -0.39 is 0 Å². The van der Waals surface area contributed by atoms with Gasteiger partial charge in [0.25, 0.3) is 0 Å². The van der Waals surface area contributed by atoms with Gasteiger partial charge in [-0.25, -0.2) is 0 Å². The molecule has 1 radical (unpaired) electrons. The zero-order valence-electron chi connectivity index (χ0n) is 7.89. The van der Waals surface area contributed by atoms with Crippen molar-refractivity contribution in [2.75, 3.05) is 0 Å².